The summed E-state index contributed by atoms with van der Waals surface area (Å²) >= 11 is 6.15. The Balaban J connectivity index is 1.17. The molecule has 4 heterocycles. The van der Waals surface area contributed by atoms with E-state index in [0.717, 1.165) is 67.8 Å². The van der Waals surface area contributed by atoms with Gasteiger partial charge in [0.1, 0.15) is 0 Å². The van der Waals surface area contributed by atoms with Crippen LogP contribution in [0.3, 0.4) is 0 Å². The third-order valence-electron chi connectivity index (χ3n) is 7.73. The third-order valence-corrected chi connectivity index (χ3v) is 7.96. The van der Waals surface area contributed by atoms with Crippen molar-refractivity contribution in [1.29, 1.82) is 0 Å². The Labute approximate surface area is 221 Å². The summed E-state index contributed by atoms with van der Waals surface area (Å²) in [7, 11) is 0. The summed E-state index contributed by atoms with van der Waals surface area (Å²) in [5.41, 5.74) is 4.78. The highest BCUT2D eigenvalue weighted by Gasteiger charge is 2.32. The van der Waals surface area contributed by atoms with Gasteiger partial charge >= 0.3 is 0 Å². The molecule has 6 rings (SSSR count). The molecule has 2 saturated heterocycles. The molecular weight excluding hydrogens is 488 g/mol. The van der Waals surface area contributed by atoms with E-state index in [1.807, 2.05) is 18.2 Å². The average molecular weight is 519 g/mol. The normalized spacial score (nSPS) is 21.5. The first kappa shape index (κ1) is 24.1. The lowest BCUT2D eigenvalue weighted by Crippen LogP contribution is -2.43. The van der Waals surface area contributed by atoms with E-state index in [1.165, 1.54) is 12.8 Å². The Morgan fingerprint density at radius 3 is 2.81 bits per heavy atom. The van der Waals surface area contributed by atoms with Crippen molar-refractivity contribution < 1.29 is 9.59 Å². The molecule has 1 atom stereocenters. The number of halogens is 1. The van der Waals surface area contributed by atoms with Gasteiger partial charge in [0, 0.05) is 52.7 Å². The number of carbonyl (C=O) groups excluding carboxylic acids is 2. The van der Waals surface area contributed by atoms with Gasteiger partial charge in [-0.1, -0.05) is 17.7 Å². The molecule has 0 bridgehead atoms. The van der Waals surface area contributed by atoms with E-state index in [-0.39, 0.29) is 18.2 Å². The van der Waals surface area contributed by atoms with E-state index in [0.29, 0.717) is 34.8 Å². The van der Waals surface area contributed by atoms with E-state index < -0.39 is 0 Å². The number of carbonyl (C=O) groups is 2. The zero-order chi connectivity index (χ0) is 25.4. The summed E-state index contributed by atoms with van der Waals surface area (Å²) in [6.07, 6.45) is 12.0. The number of likely N-dealkylation sites (tertiary alicyclic amines) is 2. The molecule has 2 N–H and O–H groups in total. The maximum Gasteiger partial charge on any atom is 0.250 e. The highest BCUT2D eigenvalue weighted by molar-refractivity contribution is 6.31. The molecule has 37 heavy (non-hydrogen) atoms. The minimum atomic E-state index is -0.121. The molecule has 1 aromatic carbocycles. The molecule has 0 saturated carbocycles. The fraction of sp³-hybridized carbons (Fsp3) is 0.429. The SMILES string of the molecule is O=C1Cc2cnc(NC3=CC=C(C(=O)N4CCC[C@H]4CN4CCCC4)CC3)nc2-c2ccc(Cl)cc2N1. The fourth-order valence-corrected chi connectivity index (χ4v) is 6.00. The Kier molecular flexibility index (Phi) is 6.69. The molecule has 192 valence electrons. The fourth-order valence-electron chi connectivity index (χ4n) is 5.83. The molecule has 9 heteroatoms. The van der Waals surface area contributed by atoms with Crippen LogP contribution in [-0.4, -0.2) is 63.8 Å². The molecule has 3 aliphatic heterocycles. The lowest BCUT2D eigenvalue weighted by molar-refractivity contribution is -0.128. The standard InChI is InChI=1S/C28H31ClN6O2/c29-20-7-10-23-24(15-20)32-25(36)14-19-16-30-28(33-26(19)23)31-21-8-5-18(6-9-21)27(37)35-13-3-4-22(35)17-34-11-1-2-12-34/h5,7-8,10,15-16,22H,1-4,6,9,11-14,17H2,(H,32,36)(H,30,31,33)/t22-/m0/s1. The first-order chi connectivity index (χ1) is 18.0. The van der Waals surface area contributed by atoms with Crippen LogP contribution in [0.2, 0.25) is 5.02 Å². The van der Waals surface area contributed by atoms with E-state index in [2.05, 4.69) is 25.4 Å². The summed E-state index contributed by atoms with van der Waals surface area (Å²) in [6.45, 7) is 4.19. The van der Waals surface area contributed by atoms with Crippen molar-refractivity contribution in [1.82, 2.24) is 19.8 Å². The first-order valence-electron chi connectivity index (χ1n) is 13.2. The summed E-state index contributed by atoms with van der Waals surface area (Å²) in [4.78, 5) is 39.5. The van der Waals surface area contributed by atoms with Crippen LogP contribution in [0.1, 0.15) is 44.1 Å². The number of hydrogen-bond donors (Lipinski definition) is 2. The van der Waals surface area contributed by atoms with Gasteiger partial charge in [-0.25, -0.2) is 9.97 Å². The van der Waals surface area contributed by atoms with Crippen LogP contribution in [-0.2, 0) is 16.0 Å². The van der Waals surface area contributed by atoms with Crippen molar-refractivity contribution in [2.45, 2.75) is 51.0 Å². The number of anilines is 2. The van der Waals surface area contributed by atoms with Gasteiger partial charge in [0.05, 0.1) is 17.8 Å². The molecule has 2 amide bonds. The second-order valence-electron chi connectivity index (χ2n) is 10.3. The van der Waals surface area contributed by atoms with Gasteiger partial charge in [-0.3, -0.25) is 9.59 Å². The molecule has 1 aliphatic carbocycles. The number of benzene rings is 1. The first-order valence-corrected chi connectivity index (χ1v) is 13.6. The topological polar surface area (TPSA) is 90.5 Å². The van der Waals surface area contributed by atoms with Gasteiger partial charge in [-0.05, 0) is 75.9 Å². The average Bonchev–Trinajstić information content (AvgIpc) is 3.55. The zero-order valence-corrected chi connectivity index (χ0v) is 21.6. The van der Waals surface area contributed by atoms with Gasteiger partial charge in [-0.15, -0.1) is 0 Å². The number of nitrogens with zero attached hydrogens (tertiary/aromatic N) is 4. The number of allylic oxidation sites excluding steroid dienone is 3. The quantitative estimate of drug-likeness (QED) is 0.610. The highest BCUT2D eigenvalue weighted by Crippen LogP contribution is 2.35. The van der Waals surface area contributed by atoms with Gasteiger partial charge in [0.15, 0.2) is 0 Å². The van der Waals surface area contributed by atoms with Crippen molar-refractivity contribution in [2.24, 2.45) is 0 Å². The monoisotopic (exact) mass is 518 g/mol. The Morgan fingerprint density at radius 2 is 2.00 bits per heavy atom. The summed E-state index contributed by atoms with van der Waals surface area (Å²) in [5.74, 6) is 0.531. The van der Waals surface area contributed by atoms with E-state index in [1.54, 1.807) is 18.3 Å². The van der Waals surface area contributed by atoms with Crippen molar-refractivity contribution in [2.75, 3.05) is 36.8 Å². The second-order valence-corrected chi connectivity index (χ2v) is 10.7. The van der Waals surface area contributed by atoms with Crippen LogP contribution >= 0.6 is 11.6 Å². The maximum atomic E-state index is 13.3. The molecule has 4 aliphatic rings. The lowest BCUT2D eigenvalue weighted by atomic mass is 10.0. The van der Waals surface area contributed by atoms with Crippen LogP contribution in [0.5, 0.6) is 0 Å². The van der Waals surface area contributed by atoms with Gasteiger partial charge in [0.2, 0.25) is 17.8 Å². The molecule has 0 radical (unpaired) electrons. The number of amides is 2. The number of rotatable bonds is 5. The summed E-state index contributed by atoms with van der Waals surface area (Å²) in [6, 6.07) is 5.73. The Bertz CT molecular complexity index is 1300. The van der Waals surface area contributed by atoms with Crippen molar-refractivity contribution in [3.8, 4) is 11.3 Å². The summed E-state index contributed by atoms with van der Waals surface area (Å²) in [5, 5.41) is 6.78. The second kappa shape index (κ2) is 10.3. The van der Waals surface area contributed by atoms with E-state index in [9.17, 15) is 9.59 Å². The molecule has 0 spiro atoms. The van der Waals surface area contributed by atoms with Crippen molar-refractivity contribution >= 4 is 35.1 Å². The van der Waals surface area contributed by atoms with Crippen molar-refractivity contribution in [3.05, 3.63) is 58.4 Å². The lowest BCUT2D eigenvalue weighted by Gasteiger charge is -2.30. The van der Waals surface area contributed by atoms with Crippen molar-refractivity contribution in [3.63, 3.8) is 0 Å². The number of nitrogens with one attached hydrogen (secondary N) is 2. The number of fused-ring (bicyclic) bond motifs is 3. The van der Waals surface area contributed by atoms with Gasteiger partial charge < -0.3 is 20.4 Å². The molecular formula is C28H31ClN6O2. The maximum absolute atomic E-state index is 13.3. The van der Waals surface area contributed by atoms with E-state index in [4.69, 9.17) is 16.6 Å². The van der Waals surface area contributed by atoms with Gasteiger partial charge in [0.25, 0.3) is 0 Å². The Hall–Kier alpha value is -3.23. The largest absolute Gasteiger partial charge is 0.335 e. The number of hydrogen-bond acceptors (Lipinski definition) is 6. The zero-order valence-electron chi connectivity index (χ0n) is 20.8. The van der Waals surface area contributed by atoms with Crippen LogP contribution in [0.15, 0.2) is 47.8 Å². The highest BCUT2D eigenvalue weighted by atomic mass is 35.5. The smallest absolute Gasteiger partial charge is 0.250 e. The van der Waals surface area contributed by atoms with Crippen LogP contribution in [0.25, 0.3) is 11.3 Å². The summed E-state index contributed by atoms with van der Waals surface area (Å²) < 4.78 is 0. The van der Waals surface area contributed by atoms with Crippen LogP contribution in [0, 0.1) is 0 Å². The van der Waals surface area contributed by atoms with Crippen LogP contribution < -0.4 is 10.6 Å². The third kappa shape index (κ3) is 5.13. The van der Waals surface area contributed by atoms with E-state index >= 15 is 0 Å². The molecule has 0 unspecified atom stereocenters. The molecule has 1 aromatic heterocycles. The number of aromatic nitrogens is 2. The van der Waals surface area contributed by atoms with Crippen LogP contribution in [0.4, 0.5) is 11.6 Å². The Morgan fingerprint density at radius 1 is 1.14 bits per heavy atom. The minimum Gasteiger partial charge on any atom is -0.335 e. The van der Waals surface area contributed by atoms with Gasteiger partial charge in [-0.2, -0.15) is 0 Å². The predicted molar refractivity (Wildman–Crippen MR) is 144 cm³/mol. The minimum absolute atomic E-state index is 0.121. The predicted octanol–water partition coefficient (Wildman–Crippen LogP) is 4.39. The molecule has 8 nitrogen and oxygen atoms in total. The molecule has 2 aromatic rings. The molecule has 2 fully saturated rings.